The molecule has 1 heterocycles. The fraction of sp³-hybridized carbons (Fsp3) is 0.286. The first kappa shape index (κ1) is 25.3. The lowest BCUT2D eigenvalue weighted by molar-refractivity contribution is -0.123. The van der Waals surface area contributed by atoms with Gasteiger partial charge in [0, 0.05) is 12.2 Å². The Bertz CT molecular complexity index is 1230. The summed E-state index contributed by atoms with van der Waals surface area (Å²) in [6.07, 6.45) is 0.100. The summed E-state index contributed by atoms with van der Waals surface area (Å²) in [7, 11) is 0. The minimum Gasteiger partial charge on any atom is -0.478 e. The molecule has 0 aliphatic carbocycles. The van der Waals surface area contributed by atoms with Crippen LogP contribution in [0, 0.1) is 5.82 Å². The van der Waals surface area contributed by atoms with Gasteiger partial charge in [0.1, 0.15) is 5.82 Å². The molecular formula is C28H30FN3O4. The Morgan fingerprint density at radius 1 is 1.00 bits per heavy atom. The van der Waals surface area contributed by atoms with E-state index in [0.29, 0.717) is 18.7 Å². The van der Waals surface area contributed by atoms with Crippen molar-refractivity contribution in [2.24, 2.45) is 0 Å². The lowest BCUT2D eigenvalue weighted by Gasteiger charge is -2.29. The lowest BCUT2D eigenvalue weighted by atomic mass is 10.0. The molecule has 0 saturated carbocycles. The average Bonchev–Trinajstić information content (AvgIpc) is 3.36. The number of aliphatic hydroxyl groups excluding tert-OH is 1. The van der Waals surface area contributed by atoms with Gasteiger partial charge in [0.15, 0.2) is 6.35 Å². The number of benzene rings is 3. The van der Waals surface area contributed by atoms with Crippen LogP contribution in [0.2, 0.25) is 0 Å². The highest BCUT2D eigenvalue weighted by atomic mass is 19.1. The van der Waals surface area contributed by atoms with Gasteiger partial charge >= 0.3 is 5.97 Å². The van der Waals surface area contributed by atoms with Crippen LogP contribution in [0.4, 0.5) is 15.8 Å². The van der Waals surface area contributed by atoms with Crippen LogP contribution in [0.15, 0.2) is 66.7 Å². The van der Waals surface area contributed by atoms with Crippen molar-refractivity contribution in [3.63, 3.8) is 0 Å². The summed E-state index contributed by atoms with van der Waals surface area (Å²) < 4.78 is 14.5. The van der Waals surface area contributed by atoms with Crippen LogP contribution >= 0.6 is 0 Å². The summed E-state index contributed by atoms with van der Waals surface area (Å²) in [5.41, 5.74) is 3.63. The molecule has 0 spiro atoms. The van der Waals surface area contributed by atoms with Crippen LogP contribution in [-0.2, 0) is 4.79 Å². The molecule has 1 fully saturated rings. The summed E-state index contributed by atoms with van der Waals surface area (Å²) in [4.78, 5) is 25.7. The lowest BCUT2D eigenvalue weighted by Crippen LogP contribution is -2.48. The van der Waals surface area contributed by atoms with E-state index in [2.05, 4.69) is 10.6 Å². The molecule has 7 nitrogen and oxygen atoms in total. The standard InChI is InChI=1S/C28H30FN3O4/c1-17(2)21-11-14-24(23(29)16-21)31-28(36)32-15-3-4-25(32)26(33)30-22-12-9-19(10-13-22)18-5-7-20(8-6-18)27(34)35/h5-14,16-17,25,28,31,36H,3-4,15H2,1-2H3,(H,30,33)(H,34,35)/t25-,28?/m1/s1. The van der Waals surface area contributed by atoms with Crippen LogP contribution in [-0.4, -0.2) is 45.9 Å². The number of nitrogens with zero attached hydrogens (tertiary/aromatic N) is 1. The number of halogens is 1. The number of aromatic carboxylic acids is 1. The third kappa shape index (κ3) is 5.72. The molecule has 3 aromatic rings. The van der Waals surface area contributed by atoms with Crippen molar-refractivity contribution in [2.75, 3.05) is 17.2 Å². The van der Waals surface area contributed by atoms with Gasteiger partial charge in [0.25, 0.3) is 0 Å². The Balaban J connectivity index is 1.39. The fourth-order valence-corrected chi connectivity index (χ4v) is 4.37. The molecule has 3 aromatic carbocycles. The molecule has 8 heteroatoms. The maximum absolute atomic E-state index is 14.5. The number of likely N-dealkylation sites (tertiary alicyclic amines) is 1. The monoisotopic (exact) mass is 491 g/mol. The molecule has 1 amide bonds. The van der Waals surface area contributed by atoms with Gasteiger partial charge in [-0.2, -0.15) is 0 Å². The van der Waals surface area contributed by atoms with Crippen molar-refractivity contribution >= 4 is 23.3 Å². The Hall–Kier alpha value is -3.75. The van der Waals surface area contributed by atoms with Gasteiger partial charge in [0.05, 0.1) is 17.3 Å². The zero-order valence-electron chi connectivity index (χ0n) is 20.2. The van der Waals surface area contributed by atoms with Crippen LogP contribution in [0.3, 0.4) is 0 Å². The molecule has 1 aliphatic heterocycles. The van der Waals surface area contributed by atoms with Crippen LogP contribution in [0.25, 0.3) is 11.1 Å². The fourth-order valence-electron chi connectivity index (χ4n) is 4.37. The number of hydrogen-bond acceptors (Lipinski definition) is 5. The number of carboxylic acid groups (broad SMARTS) is 1. The number of hydrogen-bond donors (Lipinski definition) is 4. The second kappa shape index (κ2) is 10.9. The molecule has 4 N–H and O–H groups in total. The van der Waals surface area contributed by atoms with E-state index in [1.807, 2.05) is 32.0 Å². The van der Waals surface area contributed by atoms with Crippen molar-refractivity contribution in [1.82, 2.24) is 4.90 Å². The van der Waals surface area contributed by atoms with Crippen molar-refractivity contribution in [2.45, 2.75) is 45.0 Å². The van der Waals surface area contributed by atoms with Gasteiger partial charge in [-0.1, -0.05) is 44.2 Å². The highest BCUT2D eigenvalue weighted by molar-refractivity contribution is 5.95. The average molecular weight is 492 g/mol. The van der Waals surface area contributed by atoms with E-state index in [1.54, 1.807) is 47.4 Å². The molecule has 4 rings (SSSR count). The molecule has 1 saturated heterocycles. The minimum absolute atomic E-state index is 0.185. The molecule has 188 valence electrons. The predicted octanol–water partition coefficient (Wildman–Crippen LogP) is 5.11. The molecule has 0 aromatic heterocycles. The Kier molecular flexibility index (Phi) is 7.67. The highest BCUT2D eigenvalue weighted by Gasteiger charge is 2.35. The summed E-state index contributed by atoms with van der Waals surface area (Å²) in [5, 5.41) is 25.5. The van der Waals surface area contributed by atoms with Gasteiger partial charge in [0.2, 0.25) is 5.91 Å². The van der Waals surface area contributed by atoms with Gasteiger partial charge in [-0.15, -0.1) is 0 Å². The maximum atomic E-state index is 14.5. The van der Waals surface area contributed by atoms with E-state index in [0.717, 1.165) is 23.1 Å². The Labute approximate surface area is 209 Å². The maximum Gasteiger partial charge on any atom is 0.335 e. The predicted molar refractivity (Wildman–Crippen MR) is 137 cm³/mol. The second-order valence-corrected chi connectivity index (χ2v) is 9.26. The number of amides is 1. The molecule has 36 heavy (non-hydrogen) atoms. The number of anilines is 2. The quantitative estimate of drug-likeness (QED) is 0.327. The highest BCUT2D eigenvalue weighted by Crippen LogP contribution is 2.26. The molecule has 1 unspecified atom stereocenters. The number of rotatable bonds is 8. The molecular weight excluding hydrogens is 461 g/mol. The molecule has 1 aliphatic rings. The van der Waals surface area contributed by atoms with Gasteiger partial charge in [-0.05, 0) is 71.8 Å². The summed E-state index contributed by atoms with van der Waals surface area (Å²) in [6, 6.07) is 18.1. The van der Waals surface area contributed by atoms with E-state index in [9.17, 15) is 19.1 Å². The van der Waals surface area contributed by atoms with Crippen LogP contribution in [0.1, 0.15) is 48.5 Å². The van der Waals surface area contributed by atoms with Crippen molar-refractivity contribution < 1.29 is 24.2 Å². The van der Waals surface area contributed by atoms with E-state index in [-0.39, 0.29) is 23.1 Å². The first-order valence-electron chi connectivity index (χ1n) is 12.0. The molecule has 0 bridgehead atoms. The van der Waals surface area contributed by atoms with E-state index < -0.39 is 24.2 Å². The van der Waals surface area contributed by atoms with E-state index >= 15 is 0 Å². The number of carboxylic acids is 1. The van der Waals surface area contributed by atoms with E-state index in [1.165, 1.54) is 6.07 Å². The van der Waals surface area contributed by atoms with Crippen LogP contribution < -0.4 is 10.6 Å². The Morgan fingerprint density at radius 3 is 2.22 bits per heavy atom. The summed E-state index contributed by atoms with van der Waals surface area (Å²) >= 11 is 0. The third-order valence-corrected chi connectivity index (χ3v) is 6.47. The third-order valence-electron chi connectivity index (χ3n) is 6.47. The van der Waals surface area contributed by atoms with Gasteiger partial charge < -0.3 is 20.8 Å². The molecule has 0 radical (unpaired) electrons. The SMILES string of the molecule is CC(C)c1ccc(NC(O)N2CCC[C@@H]2C(=O)Nc2ccc(-c3ccc(C(=O)O)cc3)cc2)c(F)c1. The number of carbonyl (C=O) groups is 2. The first-order valence-corrected chi connectivity index (χ1v) is 12.0. The number of nitrogens with one attached hydrogen (secondary N) is 2. The van der Waals surface area contributed by atoms with E-state index in [4.69, 9.17) is 5.11 Å². The topological polar surface area (TPSA) is 102 Å². The van der Waals surface area contributed by atoms with Crippen molar-refractivity contribution in [3.05, 3.63) is 83.7 Å². The first-order chi connectivity index (χ1) is 17.2. The number of aliphatic hydroxyl groups is 1. The summed E-state index contributed by atoms with van der Waals surface area (Å²) in [5.74, 6) is -1.48. The second-order valence-electron chi connectivity index (χ2n) is 9.26. The zero-order chi connectivity index (χ0) is 25.8. The Morgan fingerprint density at radius 2 is 1.64 bits per heavy atom. The minimum atomic E-state index is -1.21. The van der Waals surface area contributed by atoms with Crippen molar-refractivity contribution in [3.8, 4) is 11.1 Å². The molecule has 2 atom stereocenters. The van der Waals surface area contributed by atoms with Gasteiger partial charge in [-0.25, -0.2) is 14.1 Å². The van der Waals surface area contributed by atoms with Crippen molar-refractivity contribution in [1.29, 1.82) is 0 Å². The zero-order valence-corrected chi connectivity index (χ0v) is 20.2. The van der Waals surface area contributed by atoms with Crippen LogP contribution in [0.5, 0.6) is 0 Å². The normalized spacial score (nSPS) is 16.6. The smallest absolute Gasteiger partial charge is 0.335 e. The largest absolute Gasteiger partial charge is 0.478 e. The summed E-state index contributed by atoms with van der Waals surface area (Å²) in [6.45, 7) is 4.47. The number of carbonyl (C=O) groups excluding carboxylic acids is 1. The van der Waals surface area contributed by atoms with Gasteiger partial charge in [-0.3, -0.25) is 4.79 Å².